The quantitative estimate of drug-likeness (QED) is 0.705. The molecular formula is C21H27Cl2N3OS. The topological polar surface area (TPSA) is 59.2 Å². The van der Waals surface area contributed by atoms with Gasteiger partial charge in [-0.3, -0.25) is 4.79 Å². The molecule has 152 valence electrons. The maximum Gasteiger partial charge on any atom is 0.226 e. The first-order chi connectivity index (χ1) is 12.7. The van der Waals surface area contributed by atoms with E-state index in [1.807, 2.05) is 6.07 Å². The van der Waals surface area contributed by atoms with Crippen LogP contribution in [-0.2, 0) is 4.79 Å². The van der Waals surface area contributed by atoms with E-state index in [-0.39, 0.29) is 42.7 Å². The van der Waals surface area contributed by atoms with Crippen LogP contribution in [0.4, 0.5) is 0 Å². The van der Waals surface area contributed by atoms with Crippen LogP contribution in [0.2, 0.25) is 0 Å². The molecule has 2 fully saturated rings. The van der Waals surface area contributed by atoms with Crippen LogP contribution in [0.15, 0.2) is 36.4 Å². The Labute approximate surface area is 182 Å². The van der Waals surface area contributed by atoms with Gasteiger partial charge in [-0.1, -0.05) is 24.3 Å². The van der Waals surface area contributed by atoms with Crippen molar-refractivity contribution in [1.29, 1.82) is 0 Å². The number of benzene rings is 1. The number of thiazole rings is 1. The SMILES string of the molecule is Cl.Cl.NC1CCC2CN(C(=O)C3CC=CCC3c3nc4ccccc4s3)CC12. The highest BCUT2D eigenvalue weighted by Gasteiger charge is 2.45. The van der Waals surface area contributed by atoms with Crippen LogP contribution in [0.25, 0.3) is 10.2 Å². The summed E-state index contributed by atoms with van der Waals surface area (Å²) < 4.78 is 1.21. The van der Waals surface area contributed by atoms with Crippen molar-refractivity contribution in [3.63, 3.8) is 0 Å². The highest BCUT2D eigenvalue weighted by atomic mass is 35.5. The van der Waals surface area contributed by atoms with Crippen LogP contribution in [0.1, 0.15) is 36.6 Å². The monoisotopic (exact) mass is 439 g/mol. The largest absolute Gasteiger partial charge is 0.342 e. The molecule has 7 heteroatoms. The van der Waals surface area contributed by atoms with Crippen molar-refractivity contribution in [2.24, 2.45) is 23.5 Å². The molecule has 5 rings (SSSR count). The predicted octanol–water partition coefficient (Wildman–Crippen LogP) is 4.39. The van der Waals surface area contributed by atoms with Gasteiger partial charge in [0.05, 0.1) is 21.1 Å². The van der Waals surface area contributed by atoms with Gasteiger partial charge in [-0.05, 0) is 49.7 Å². The second-order valence-electron chi connectivity index (χ2n) is 8.08. The molecule has 28 heavy (non-hydrogen) atoms. The molecule has 1 saturated carbocycles. The molecule has 3 aliphatic rings. The molecule has 2 N–H and O–H groups in total. The van der Waals surface area contributed by atoms with Gasteiger partial charge < -0.3 is 10.6 Å². The molecule has 0 bridgehead atoms. The number of carbonyl (C=O) groups is 1. The van der Waals surface area contributed by atoms with Gasteiger partial charge in [0, 0.05) is 25.0 Å². The fourth-order valence-electron chi connectivity index (χ4n) is 5.13. The van der Waals surface area contributed by atoms with Gasteiger partial charge in [-0.2, -0.15) is 0 Å². The maximum atomic E-state index is 13.4. The highest BCUT2D eigenvalue weighted by molar-refractivity contribution is 7.18. The summed E-state index contributed by atoms with van der Waals surface area (Å²) >= 11 is 1.75. The molecular weight excluding hydrogens is 413 g/mol. The van der Waals surface area contributed by atoms with Crippen molar-refractivity contribution in [2.45, 2.75) is 37.6 Å². The Hall–Kier alpha value is -1.14. The molecule has 2 aromatic rings. The summed E-state index contributed by atoms with van der Waals surface area (Å²) in [6.07, 6.45) is 8.44. The minimum atomic E-state index is 0. The number of para-hydroxylation sites is 1. The Kier molecular flexibility index (Phi) is 6.70. The number of hydrogen-bond donors (Lipinski definition) is 1. The van der Waals surface area contributed by atoms with Crippen molar-refractivity contribution in [1.82, 2.24) is 9.88 Å². The van der Waals surface area contributed by atoms with Crippen molar-refractivity contribution >= 4 is 52.3 Å². The molecule has 1 saturated heterocycles. The summed E-state index contributed by atoms with van der Waals surface area (Å²) in [6.45, 7) is 1.77. The molecule has 5 atom stereocenters. The summed E-state index contributed by atoms with van der Waals surface area (Å²) in [5, 5.41) is 1.12. The zero-order valence-electron chi connectivity index (χ0n) is 15.7. The van der Waals surface area contributed by atoms with Gasteiger partial charge in [0.1, 0.15) is 0 Å². The Morgan fingerprint density at radius 1 is 1.11 bits per heavy atom. The summed E-state index contributed by atoms with van der Waals surface area (Å²) in [5.74, 6) is 1.68. The lowest BCUT2D eigenvalue weighted by molar-refractivity contribution is -0.135. The van der Waals surface area contributed by atoms with Crippen molar-refractivity contribution < 1.29 is 4.79 Å². The lowest BCUT2D eigenvalue weighted by atomic mass is 9.82. The van der Waals surface area contributed by atoms with Crippen molar-refractivity contribution in [3.05, 3.63) is 41.4 Å². The Morgan fingerprint density at radius 2 is 1.89 bits per heavy atom. The van der Waals surface area contributed by atoms with Gasteiger partial charge in [-0.15, -0.1) is 36.2 Å². The lowest BCUT2D eigenvalue weighted by Crippen LogP contribution is -2.39. The van der Waals surface area contributed by atoms with Crippen LogP contribution in [-0.4, -0.2) is 34.9 Å². The smallest absolute Gasteiger partial charge is 0.226 e. The number of carbonyl (C=O) groups excluding carboxylic acids is 1. The Balaban J connectivity index is 0.00000112. The van der Waals surface area contributed by atoms with E-state index in [2.05, 4.69) is 35.3 Å². The van der Waals surface area contributed by atoms with E-state index in [1.54, 1.807) is 11.3 Å². The van der Waals surface area contributed by atoms with E-state index in [0.717, 1.165) is 42.9 Å². The van der Waals surface area contributed by atoms with Gasteiger partial charge in [0.15, 0.2) is 0 Å². The van der Waals surface area contributed by atoms with E-state index in [0.29, 0.717) is 17.7 Å². The second-order valence-corrected chi connectivity index (χ2v) is 9.15. The third-order valence-electron chi connectivity index (χ3n) is 6.60. The summed E-state index contributed by atoms with van der Waals surface area (Å²) in [7, 11) is 0. The average Bonchev–Trinajstić information content (AvgIpc) is 3.36. The first kappa shape index (κ1) is 21.6. The van der Waals surface area contributed by atoms with Gasteiger partial charge in [0.25, 0.3) is 0 Å². The molecule has 0 spiro atoms. The maximum absolute atomic E-state index is 13.4. The van der Waals surface area contributed by atoms with E-state index in [9.17, 15) is 4.79 Å². The Bertz CT molecular complexity index is 837. The van der Waals surface area contributed by atoms with Crippen molar-refractivity contribution in [2.75, 3.05) is 13.1 Å². The summed E-state index contributed by atoms with van der Waals surface area (Å²) in [5.41, 5.74) is 7.32. The number of aromatic nitrogens is 1. The highest BCUT2D eigenvalue weighted by Crippen LogP contribution is 2.42. The van der Waals surface area contributed by atoms with Crippen LogP contribution >= 0.6 is 36.2 Å². The number of fused-ring (bicyclic) bond motifs is 2. The fraction of sp³-hybridized carbons (Fsp3) is 0.524. The van der Waals surface area contributed by atoms with E-state index < -0.39 is 0 Å². The zero-order chi connectivity index (χ0) is 17.7. The minimum Gasteiger partial charge on any atom is -0.342 e. The number of halogens is 2. The molecule has 4 nitrogen and oxygen atoms in total. The standard InChI is InChI=1S/C21H25N3OS.2ClH/c22-17-10-9-13-11-24(12-16(13)17)21(25)15-6-2-1-5-14(15)20-23-18-7-3-4-8-19(18)26-20;;/h1-4,7-8,13-17H,5-6,9-12,22H2;2*1H. The fourth-order valence-corrected chi connectivity index (χ4v) is 6.28. The van der Waals surface area contributed by atoms with Gasteiger partial charge >= 0.3 is 0 Å². The molecule has 5 unspecified atom stereocenters. The third kappa shape index (κ3) is 3.70. The molecule has 1 aromatic heterocycles. The van der Waals surface area contributed by atoms with Crippen LogP contribution in [0, 0.1) is 17.8 Å². The van der Waals surface area contributed by atoms with E-state index >= 15 is 0 Å². The van der Waals surface area contributed by atoms with E-state index in [1.165, 1.54) is 11.1 Å². The molecule has 2 aliphatic carbocycles. The van der Waals surface area contributed by atoms with Crippen molar-refractivity contribution in [3.8, 4) is 0 Å². The number of allylic oxidation sites excluding steroid dienone is 2. The molecule has 0 radical (unpaired) electrons. The normalized spacial score (nSPS) is 31.3. The number of hydrogen-bond acceptors (Lipinski definition) is 4. The van der Waals surface area contributed by atoms with Crippen LogP contribution < -0.4 is 5.73 Å². The van der Waals surface area contributed by atoms with Crippen LogP contribution in [0.3, 0.4) is 0 Å². The molecule has 1 amide bonds. The average molecular weight is 440 g/mol. The number of nitrogens with two attached hydrogens (primary N) is 1. The summed E-state index contributed by atoms with van der Waals surface area (Å²) in [4.78, 5) is 20.3. The van der Waals surface area contributed by atoms with E-state index in [4.69, 9.17) is 10.7 Å². The zero-order valence-corrected chi connectivity index (χ0v) is 18.1. The molecule has 1 aliphatic heterocycles. The minimum absolute atomic E-state index is 0. The van der Waals surface area contributed by atoms with Crippen LogP contribution in [0.5, 0.6) is 0 Å². The third-order valence-corrected chi connectivity index (χ3v) is 7.77. The Morgan fingerprint density at radius 3 is 2.68 bits per heavy atom. The first-order valence-electron chi connectivity index (χ1n) is 9.75. The number of rotatable bonds is 2. The number of likely N-dealkylation sites (tertiary alicyclic amines) is 1. The lowest BCUT2D eigenvalue weighted by Gasteiger charge is -2.30. The number of amides is 1. The second kappa shape index (κ2) is 8.70. The van der Waals surface area contributed by atoms with Gasteiger partial charge in [-0.25, -0.2) is 4.98 Å². The van der Waals surface area contributed by atoms with Gasteiger partial charge in [0.2, 0.25) is 5.91 Å². The first-order valence-corrected chi connectivity index (χ1v) is 10.6. The molecule has 1 aromatic carbocycles. The predicted molar refractivity (Wildman–Crippen MR) is 119 cm³/mol. The summed E-state index contributed by atoms with van der Waals surface area (Å²) in [6, 6.07) is 8.55. The molecule has 2 heterocycles. The number of nitrogens with zero attached hydrogens (tertiary/aromatic N) is 2.